The Bertz CT molecular complexity index is 554. The summed E-state index contributed by atoms with van der Waals surface area (Å²) in [6, 6.07) is 4.65. The van der Waals surface area contributed by atoms with Crippen molar-refractivity contribution in [1.29, 1.82) is 0 Å². The van der Waals surface area contributed by atoms with Crippen LogP contribution in [0.4, 0.5) is 4.39 Å². The van der Waals surface area contributed by atoms with E-state index < -0.39 is 0 Å². The molecule has 2 rings (SSSR count). The number of halogens is 2. The second-order valence-corrected chi connectivity index (χ2v) is 4.86. The summed E-state index contributed by atoms with van der Waals surface area (Å²) in [4.78, 5) is 3.92. The predicted molar refractivity (Wildman–Crippen MR) is 65.2 cm³/mol. The lowest BCUT2D eigenvalue weighted by Gasteiger charge is -2.10. The highest BCUT2D eigenvalue weighted by Gasteiger charge is 2.11. The fourth-order valence-electron chi connectivity index (χ4n) is 1.71. The lowest BCUT2D eigenvalue weighted by Crippen LogP contribution is -1.93. The first-order valence-corrected chi connectivity index (χ1v) is 5.77. The van der Waals surface area contributed by atoms with Gasteiger partial charge < -0.3 is 5.11 Å². The number of aromatic nitrogens is 1. The van der Waals surface area contributed by atoms with Crippen LogP contribution in [0.25, 0.3) is 10.9 Å². The van der Waals surface area contributed by atoms with Crippen molar-refractivity contribution in [2.24, 2.45) is 0 Å². The van der Waals surface area contributed by atoms with Crippen molar-refractivity contribution in [1.82, 2.24) is 4.98 Å². The molecule has 1 N–H and O–H groups in total. The van der Waals surface area contributed by atoms with E-state index in [4.69, 9.17) is 0 Å². The molecule has 1 heterocycles. The molecule has 0 saturated heterocycles. The van der Waals surface area contributed by atoms with Crippen molar-refractivity contribution in [2.45, 2.75) is 19.8 Å². The standard InChI is InChI=1S/C12H11BrFNO/c1-6(2)7-4-12(16)15-11-5-10(14)9(13)3-8(7)11/h3-6H,1-2H3,(H,15,16). The van der Waals surface area contributed by atoms with Crippen LogP contribution in [0.5, 0.6) is 5.88 Å². The molecular formula is C12H11BrFNO. The number of hydrogen-bond donors (Lipinski definition) is 1. The van der Waals surface area contributed by atoms with Gasteiger partial charge in [0, 0.05) is 17.5 Å². The van der Waals surface area contributed by atoms with Gasteiger partial charge in [-0.15, -0.1) is 0 Å². The third-order valence-corrected chi connectivity index (χ3v) is 3.10. The van der Waals surface area contributed by atoms with Crippen LogP contribution in [0.2, 0.25) is 0 Å². The van der Waals surface area contributed by atoms with Crippen LogP contribution < -0.4 is 0 Å². The van der Waals surface area contributed by atoms with Crippen LogP contribution >= 0.6 is 15.9 Å². The Morgan fingerprint density at radius 2 is 2.00 bits per heavy atom. The number of pyridine rings is 1. The molecule has 0 fully saturated rings. The van der Waals surface area contributed by atoms with Crippen molar-refractivity contribution in [3.63, 3.8) is 0 Å². The van der Waals surface area contributed by atoms with Gasteiger partial charge in [0.25, 0.3) is 0 Å². The average Bonchev–Trinajstić information content (AvgIpc) is 2.19. The molecule has 1 aromatic carbocycles. The van der Waals surface area contributed by atoms with E-state index in [0.29, 0.717) is 9.99 Å². The van der Waals surface area contributed by atoms with Gasteiger partial charge in [-0.25, -0.2) is 9.37 Å². The van der Waals surface area contributed by atoms with E-state index in [0.717, 1.165) is 10.9 Å². The molecule has 16 heavy (non-hydrogen) atoms. The molecule has 0 aliphatic heterocycles. The minimum absolute atomic E-state index is 0.0714. The van der Waals surface area contributed by atoms with Crippen LogP contribution in [0.1, 0.15) is 25.3 Å². The highest BCUT2D eigenvalue weighted by atomic mass is 79.9. The lowest BCUT2D eigenvalue weighted by atomic mass is 9.99. The summed E-state index contributed by atoms with van der Waals surface area (Å²) in [5.41, 5.74) is 1.44. The van der Waals surface area contributed by atoms with Gasteiger partial charge in [0.1, 0.15) is 5.82 Å². The van der Waals surface area contributed by atoms with E-state index in [-0.39, 0.29) is 17.6 Å². The molecule has 0 aliphatic carbocycles. The zero-order valence-electron chi connectivity index (χ0n) is 8.96. The summed E-state index contributed by atoms with van der Waals surface area (Å²) < 4.78 is 13.8. The van der Waals surface area contributed by atoms with Gasteiger partial charge in [-0.05, 0) is 33.5 Å². The zero-order valence-corrected chi connectivity index (χ0v) is 10.5. The second-order valence-electron chi connectivity index (χ2n) is 4.01. The maximum absolute atomic E-state index is 13.3. The maximum Gasteiger partial charge on any atom is 0.211 e. The number of rotatable bonds is 1. The van der Waals surface area contributed by atoms with Gasteiger partial charge in [-0.1, -0.05) is 13.8 Å². The van der Waals surface area contributed by atoms with E-state index in [1.807, 2.05) is 13.8 Å². The van der Waals surface area contributed by atoms with Crippen molar-refractivity contribution in [3.05, 3.63) is 34.1 Å². The Hall–Kier alpha value is -1.16. The van der Waals surface area contributed by atoms with E-state index in [2.05, 4.69) is 20.9 Å². The summed E-state index contributed by atoms with van der Waals surface area (Å²) in [5, 5.41) is 10.3. The molecule has 84 valence electrons. The fraction of sp³-hybridized carbons (Fsp3) is 0.250. The van der Waals surface area contributed by atoms with E-state index in [9.17, 15) is 9.50 Å². The van der Waals surface area contributed by atoms with Crippen molar-refractivity contribution in [2.75, 3.05) is 0 Å². The molecule has 0 aliphatic rings. The molecule has 0 atom stereocenters. The van der Waals surface area contributed by atoms with Gasteiger partial charge in [-0.3, -0.25) is 0 Å². The molecule has 4 heteroatoms. The molecule has 0 saturated carbocycles. The first-order chi connectivity index (χ1) is 7.49. The number of hydrogen-bond acceptors (Lipinski definition) is 2. The molecule has 0 spiro atoms. The SMILES string of the molecule is CC(C)c1cc(O)nc2cc(F)c(Br)cc12. The molecule has 0 unspecified atom stereocenters. The van der Waals surface area contributed by atoms with E-state index in [1.165, 1.54) is 6.07 Å². The van der Waals surface area contributed by atoms with Crippen LogP contribution in [-0.4, -0.2) is 10.1 Å². The van der Waals surface area contributed by atoms with Gasteiger partial charge in [0.2, 0.25) is 5.88 Å². The van der Waals surface area contributed by atoms with Crippen LogP contribution in [-0.2, 0) is 0 Å². The molecule has 0 radical (unpaired) electrons. The monoisotopic (exact) mass is 283 g/mol. The van der Waals surface area contributed by atoms with E-state index in [1.54, 1.807) is 12.1 Å². The number of aromatic hydroxyl groups is 1. The highest BCUT2D eigenvalue weighted by molar-refractivity contribution is 9.10. The lowest BCUT2D eigenvalue weighted by molar-refractivity contribution is 0.454. The molecule has 0 amide bonds. The topological polar surface area (TPSA) is 33.1 Å². The van der Waals surface area contributed by atoms with Crippen molar-refractivity contribution >= 4 is 26.8 Å². The Morgan fingerprint density at radius 3 is 2.62 bits per heavy atom. The first kappa shape index (κ1) is 11.3. The maximum atomic E-state index is 13.3. The van der Waals surface area contributed by atoms with Crippen molar-refractivity contribution in [3.8, 4) is 5.88 Å². The van der Waals surface area contributed by atoms with Gasteiger partial charge in [-0.2, -0.15) is 0 Å². The Kier molecular flexibility index (Phi) is 2.84. The number of nitrogens with zero attached hydrogens (tertiary/aromatic N) is 1. The largest absolute Gasteiger partial charge is 0.493 e. The summed E-state index contributed by atoms with van der Waals surface area (Å²) in [5.74, 6) is -0.202. The smallest absolute Gasteiger partial charge is 0.211 e. The summed E-state index contributed by atoms with van der Waals surface area (Å²) in [6.45, 7) is 4.04. The second kappa shape index (κ2) is 4.01. The van der Waals surface area contributed by atoms with Crippen LogP contribution in [0.15, 0.2) is 22.7 Å². The van der Waals surface area contributed by atoms with Gasteiger partial charge in [0.05, 0.1) is 9.99 Å². The number of benzene rings is 1. The van der Waals surface area contributed by atoms with Crippen LogP contribution in [0.3, 0.4) is 0 Å². The summed E-state index contributed by atoms with van der Waals surface area (Å²) >= 11 is 3.15. The summed E-state index contributed by atoms with van der Waals surface area (Å²) in [7, 11) is 0. The normalized spacial score (nSPS) is 11.3. The van der Waals surface area contributed by atoms with Gasteiger partial charge in [0.15, 0.2) is 0 Å². The van der Waals surface area contributed by atoms with Gasteiger partial charge >= 0.3 is 0 Å². The Morgan fingerprint density at radius 1 is 1.31 bits per heavy atom. The molecule has 2 aromatic rings. The minimum Gasteiger partial charge on any atom is -0.493 e. The first-order valence-electron chi connectivity index (χ1n) is 4.97. The van der Waals surface area contributed by atoms with Crippen molar-refractivity contribution < 1.29 is 9.50 Å². The van der Waals surface area contributed by atoms with E-state index >= 15 is 0 Å². The quantitative estimate of drug-likeness (QED) is 0.859. The third-order valence-electron chi connectivity index (χ3n) is 2.49. The highest BCUT2D eigenvalue weighted by Crippen LogP contribution is 2.30. The molecule has 0 bridgehead atoms. The molecule has 1 aromatic heterocycles. The summed E-state index contributed by atoms with van der Waals surface area (Å²) in [6.07, 6.45) is 0. The number of fused-ring (bicyclic) bond motifs is 1. The Balaban J connectivity index is 2.85. The fourth-order valence-corrected chi connectivity index (χ4v) is 2.05. The average molecular weight is 284 g/mol. The zero-order chi connectivity index (χ0) is 11.9. The minimum atomic E-state index is -0.375. The molecule has 2 nitrogen and oxygen atoms in total. The predicted octanol–water partition coefficient (Wildman–Crippen LogP) is 3.97. The van der Waals surface area contributed by atoms with Crippen LogP contribution in [0, 0.1) is 5.82 Å². The third kappa shape index (κ3) is 1.89. The Labute approximate surface area is 101 Å². The molecular weight excluding hydrogens is 273 g/mol.